The molecule has 0 aromatic carbocycles. The molecule has 16 heavy (non-hydrogen) atoms. The number of rotatable bonds is 2. The van der Waals surface area contributed by atoms with E-state index in [9.17, 15) is 0 Å². The van der Waals surface area contributed by atoms with Gasteiger partial charge in [-0.2, -0.15) is 5.10 Å². The summed E-state index contributed by atoms with van der Waals surface area (Å²) in [4.78, 5) is 0. The van der Waals surface area contributed by atoms with Crippen LogP contribution >= 0.6 is 0 Å². The van der Waals surface area contributed by atoms with Gasteiger partial charge in [0.25, 0.3) is 0 Å². The maximum absolute atomic E-state index is 6.37. The molecule has 2 N–H and O–H groups in total. The fraction of sp³-hybridized carbons (Fsp3) is 0.462. The molecule has 3 heteroatoms. The highest BCUT2D eigenvalue weighted by molar-refractivity contribution is 5.58. The van der Waals surface area contributed by atoms with Crippen molar-refractivity contribution in [2.45, 2.75) is 37.6 Å². The van der Waals surface area contributed by atoms with Crippen LogP contribution in [0.4, 0.5) is 0 Å². The highest BCUT2D eigenvalue weighted by atomic mass is 15.2. The molecular weight excluding hydrogens is 198 g/mol. The lowest BCUT2D eigenvalue weighted by Gasteiger charge is -2.31. The minimum Gasteiger partial charge on any atom is -0.324 e. The van der Waals surface area contributed by atoms with E-state index in [1.807, 2.05) is 29.0 Å². The van der Waals surface area contributed by atoms with Gasteiger partial charge in [0, 0.05) is 22.7 Å². The Bertz CT molecular complexity index is 535. The molecule has 0 radical (unpaired) electrons. The van der Waals surface area contributed by atoms with E-state index < -0.39 is 0 Å². The minimum absolute atomic E-state index is 0.00387. The molecule has 3 nitrogen and oxygen atoms in total. The van der Waals surface area contributed by atoms with Crippen LogP contribution in [0.3, 0.4) is 0 Å². The average Bonchev–Trinajstić information content (AvgIpc) is 2.88. The van der Waals surface area contributed by atoms with Crippen LogP contribution in [0.25, 0.3) is 5.52 Å². The van der Waals surface area contributed by atoms with Crippen molar-refractivity contribution in [1.82, 2.24) is 9.61 Å². The van der Waals surface area contributed by atoms with Crippen molar-refractivity contribution in [2.24, 2.45) is 5.73 Å². The van der Waals surface area contributed by atoms with Crippen molar-refractivity contribution in [1.29, 1.82) is 0 Å². The standard InChI is InChI=1S/C13H17N3/c1-12(2,13(14)6-7-13)10-9-15-16-8-4-3-5-11(10)16/h3-5,8-9H,6-7,14H2,1-2H3. The van der Waals surface area contributed by atoms with E-state index in [1.165, 1.54) is 11.1 Å². The second kappa shape index (κ2) is 2.86. The fourth-order valence-electron chi connectivity index (χ4n) is 2.44. The first-order chi connectivity index (χ1) is 7.55. The van der Waals surface area contributed by atoms with Crippen LogP contribution in [0.2, 0.25) is 0 Å². The van der Waals surface area contributed by atoms with Gasteiger partial charge in [0.2, 0.25) is 0 Å². The molecule has 2 heterocycles. The normalized spacial score (nSPS) is 18.9. The molecule has 1 fully saturated rings. The van der Waals surface area contributed by atoms with E-state index >= 15 is 0 Å². The van der Waals surface area contributed by atoms with Gasteiger partial charge in [-0.25, -0.2) is 4.52 Å². The summed E-state index contributed by atoms with van der Waals surface area (Å²) in [5.74, 6) is 0. The highest BCUT2D eigenvalue weighted by Gasteiger charge is 2.52. The van der Waals surface area contributed by atoms with Crippen LogP contribution in [0, 0.1) is 0 Å². The van der Waals surface area contributed by atoms with Gasteiger partial charge in [-0.05, 0) is 25.0 Å². The van der Waals surface area contributed by atoms with Gasteiger partial charge in [-0.1, -0.05) is 19.9 Å². The van der Waals surface area contributed by atoms with Gasteiger partial charge in [0.05, 0.1) is 11.7 Å². The van der Waals surface area contributed by atoms with Crippen molar-refractivity contribution in [2.75, 3.05) is 0 Å². The Hall–Kier alpha value is -1.35. The summed E-state index contributed by atoms with van der Waals surface area (Å²) in [5, 5.41) is 4.39. The van der Waals surface area contributed by atoms with E-state index in [-0.39, 0.29) is 11.0 Å². The Labute approximate surface area is 95.3 Å². The van der Waals surface area contributed by atoms with E-state index in [4.69, 9.17) is 5.73 Å². The Morgan fingerprint density at radius 3 is 2.81 bits per heavy atom. The second-order valence-corrected chi connectivity index (χ2v) is 5.37. The number of fused-ring (bicyclic) bond motifs is 1. The molecule has 2 aromatic rings. The predicted molar refractivity (Wildman–Crippen MR) is 64.4 cm³/mol. The molecule has 1 saturated carbocycles. The third kappa shape index (κ3) is 1.15. The lowest BCUT2D eigenvalue weighted by Crippen LogP contribution is -2.43. The maximum Gasteiger partial charge on any atom is 0.0699 e. The third-order valence-corrected chi connectivity index (χ3v) is 4.13. The smallest absolute Gasteiger partial charge is 0.0699 e. The molecule has 0 bridgehead atoms. The molecule has 0 unspecified atom stereocenters. The second-order valence-electron chi connectivity index (χ2n) is 5.37. The minimum atomic E-state index is -0.0354. The Morgan fingerprint density at radius 1 is 1.38 bits per heavy atom. The molecule has 84 valence electrons. The number of pyridine rings is 1. The van der Waals surface area contributed by atoms with E-state index in [0.717, 1.165) is 12.8 Å². The van der Waals surface area contributed by atoms with Gasteiger partial charge in [0.15, 0.2) is 0 Å². The molecule has 0 atom stereocenters. The number of hydrogen-bond donors (Lipinski definition) is 1. The van der Waals surface area contributed by atoms with E-state index in [2.05, 4.69) is 25.0 Å². The summed E-state index contributed by atoms with van der Waals surface area (Å²) >= 11 is 0. The van der Waals surface area contributed by atoms with Gasteiger partial charge >= 0.3 is 0 Å². The van der Waals surface area contributed by atoms with Crippen molar-refractivity contribution in [3.8, 4) is 0 Å². The Kier molecular flexibility index (Phi) is 1.76. The molecule has 0 saturated heterocycles. The highest BCUT2D eigenvalue weighted by Crippen LogP contribution is 2.49. The number of aromatic nitrogens is 2. The molecule has 3 rings (SSSR count). The van der Waals surface area contributed by atoms with E-state index in [1.54, 1.807) is 0 Å². The molecule has 1 aliphatic carbocycles. The summed E-state index contributed by atoms with van der Waals surface area (Å²) in [6.07, 6.45) is 6.17. The number of hydrogen-bond acceptors (Lipinski definition) is 2. The zero-order valence-electron chi connectivity index (χ0n) is 9.77. The molecule has 1 aliphatic rings. The van der Waals surface area contributed by atoms with Gasteiger partial charge in [0.1, 0.15) is 0 Å². The topological polar surface area (TPSA) is 43.3 Å². The first-order valence-corrected chi connectivity index (χ1v) is 5.76. The zero-order chi connectivity index (χ0) is 11.4. The summed E-state index contributed by atoms with van der Waals surface area (Å²) in [6.45, 7) is 4.45. The molecular formula is C13H17N3. The Morgan fingerprint density at radius 2 is 2.12 bits per heavy atom. The quantitative estimate of drug-likeness (QED) is 0.833. The summed E-state index contributed by atoms with van der Waals surface area (Å²) < 4.78 is 1.92. The lowest BCUT2D eigenvalue weighted by atomic mass is 9.76. The van der Waals surface area contributed by atoms with Crippen molar-refractivity contribution in [3.63, 3.8) is 0 Å². The van der Waals surface area contributed by atoms with Gasteiger partial charge < -0.3 is 5.73 Å². The van der Waals surface area contributed by atoms with E-state index in [0.29, 0.717) is 0 Å². The van der Waals surface area contributed by atoms with Crippen LogP contribution in [0.1, 0.15) is 32.3 Å². The third-order valence-electron chi connectivity index (χ3n) is 4.13. The lowest BCUT2D eigenvalue weighted by molar-refractivity contribution is 0.394. The first kappa shape index (κ1) is 9.85. The number of nitrogens with zero attached hydrogens (tertiary/aromatic N) is 2. The SMILES string of the molecule is CC(C)(c1cnn2ccccc12)C1(N)CC1. The fourth-order valence-corrected chi connectivity index (χ4v) is 2.44. The van der Waals surface area contributed by atoms with Crippen LogP contribution < -0.4 is 5.73 Å². The monoisotopic (exact) mass is 215 g/mol. The predicted octanol–water partition coefficient (Wildman–Crippen LogP) is 2.10. The molecule has 2 aromatic heterocycles. The summed E-state index contributed by atoms with van der Waals surface area (Å²) in [6, 6.07) is 6.15. The number of nitrogens with two attached hydrogens (primary N) is 1. The van der Waals surface area contributed by atoms with Crippen LogP contribution in [-0.2, 0) is 5.41 Å². The van der Waals surface area contributed by atoms with Crippen molar-refractivity contribution in [3.05, 3.63) is 36.2 Å². The molecule has 0 aliphatic heterocycles. The summed E-state index contributed by atoms with van der Waals surface area (Å²) in [5.41, 5.74) is 8.76. The zero-order valence-corrected chi connectivity index (χ0v) is 9.77. The molecule has 0 spiro atoms. The largest absolute Gasteiger partial charge is 0.324 e. The maximum atomic E-state index is 6.37. The Balaban J connectivity index is 2.19. The van der Waals surface area contributed by atoms with Crippen molar-refractivity contribution >= 4 is 5.52 Å². The molecule has 0 amide bonds. The first-order valence-electron chi connectivity index (χ1n) is 5.76. The summed E-state index contributed by atoms with van der Waals surface area (Å²) in [7, 11) is 0. The van der Waals surface area contributed by atoms with Crippen LogP contribution in [0.15, 0.2) is 30.6 Å². The van der Waals surface area contributed by atoms with Gasteiger partial charge in [-0.15, -0.1) is 0 Å². The van der Waals surface area contributed by atoms with Crippen LogP contribution in [0.5, 0.6) is 0 Å². The van der Waals surface area contributed by atoms with Gasteiger partial charge in [-0.3, -0.25) is 0 Å². The van der Waals surface area contributed by atoms with Crippen LogP contribution in [-0.4, -0.2) is 15.2 Å². The van der Waals surface area contributed by atoms with Crippen molar-refractivity contribution < 1.29 is 0 Å². The average molecular weight is 215 g/mol.